The first kappa shape index (κ1) is 18.6. The molecule has 0 amide bonds. The molecule has 1 N–H and O–H groups in total. The van der Waals surface area contributed by atoms with E-state index in [9.17, 15) is 13.2 Å². The zero-order valence-electron chi connectivity index (χ0n) is 13.2. The Balaban J connectivity index is 1.92. The van der Waals surface area contributed by atoms with Crippen molar-refractivity contribution < 1.29 is 17.9 Å². The Morgan fingerprint density at radius 1 is 1.12 bits per heavy atom. The lowest BCUT2D eigenvalue weighted by Crippen LogP contribution is -2.30. The van der Waals surface area contributed by atoms with Gasteiger partial charge in [0.25, 0.3) is 0 Å². The SMILES string of the molecule is CCC(CNCc1ccccc1Cl)Oc1cccc(C(F)(F)F)c1. The van der Waals surface area contributed by atoms with Crippen LogP contribution in [0.3, 0.4) is 0 Å². The van der Waals surface area contributed by atoms with Crippen molar-refractivity contribution >= 4 is 11.6 Å². The molecule has 0 radical (unpaired) electrons. The molecule has 1 unspecified atom stereocenters. The number of ether oxygens (including phenoxy) is 1. The standard InChI is InChI=1S/C18H19ClF3NO/c1-2-15(12-23-11-13-6-3-4-9-17(13)19)24-16-8-5-7-14(10-16)18(20,21)22/h3-10,15,23H,2,11-12H2,1H3. The van der Waals surface area contributed by atoms with Crippen molar-refractivity contribution in [2.24, 2.45) is 0 Å². The summed E-state index contributed by atoms with van der Waals surface area (Å²) in [4.78, 5) is 0. The van der Waals surface area contributed by atoms with Crippen molar-refractivity contribution in [2.75, 3.05) is 6.54 Å². The van der Waals surface area contributed by atoms with Gasteiger partial charge in [0.2, 0.25) is 0 Å². The molecule has 24 heavy (non-hydrogen) atoms. The lowest BCUT2D eigenvalue weighted by molar-refractivity contribution is -0.137. The van der Waals surface area contributed by atoms with E-state index in [2.05, 4.69) is 5.32 Å². The summed E-state index contributed by atoms with van der Waals surface area (Å²) >= 11 is 6.09. The van der Waals surface area contributed by atoms with Crippen molar-refractivity contribution in [3.8, 4) is 5.75 Å². The van der Waals surface area contributed by atoms with Crippen LogP contribution in [0.15, 0.2) is 48.5 Å². The van der Waals surface area contributed by atoms with Gasteiger partial charge in [-0.25, -0.2) is 0 Å². The van der Waals surface area contributed by atoms with E-state index in [4.69, 9.17) is 16.3 Å². The van der Waals surface area contributed by atoms with E-state index in [0.29, 0.717) is 24.5 Å². The zero-order valence-corrected chi connectivity index (χ0v) is 14.0. The van der Waals surface area contributed by atoms with Crippen LogP contribution in [0.1, 0.15) is 24.5 Å². The molecule has 0 aromatic heterocycles. The lowest BCUT2D eigenvalue weighted by Gasteiger charge is -2.19. The largest absolute Gasteiger partial charge is 0.489 e. The third-order valence-electron chi connectivity index (χ3n) is 3.56. The van der Waals surface area contributed by atoms with Crippen LogP contribution < -0.4 is 10.1 Å². The molecule has 2 aromatic carbocycles. The second-order valence-corrected chi connectivity index (χ2v) is 5.80. The number of benzene rings is 2. The molecule has 0 saturated heterocycles. The summed E-state index contributed by atoms with van der Waals surface area (Å²) in [6, 6.07) is 12.4. The fraction of sp³-hybridized carbons (Fsp3) is 0.333. The topological polar surface area (TPSA) is 21.3 Å². The van der Waals surface area contributed by atoms with Gasteiger partial charge in [-0.1, -0.05) is 42.8 Å². The fourth-order valence-electron chi connectivity index (χ4n) is 2.22. The molecule has 2 rings (SSSR count). The molecule has 0 aliphatic rings. The second kappa shape index (κ2) is 8.40. The highest BCUT2D eigenvalue weighted by molar-refractivity contribution is 6.31. The molecule has 0 saturated carbocycles. The Labute approximate surface area is 144 Å². The molecule has 0 aliphatic heterocycles. The quantitative estimate of drug-likeness (QED) is 0.725. The minimum absolute atomic E-state index is 0.219. The second-order valence-electron chi connectivity index (χ2n) is 5.40. The van der Waals surface area contributed by atoms with Crippen LogP contribution >= 0.6 is 11.6 Å². The van der Waals surface area contributed by atoms with Gasteiger partial charge in [-0.15, -0.1) is 0 Å². The van der Waals surface area contributed by atoms with Crippen molar-refractivity contribution in [1.29, 1.82) is 0 Å². The number of nitrogens with one attached hydrogen (secondary N) is 1. The van der Waals surface area contributed by atoms with Crippen LogP contribution in [0.5, 0.6) is 5.75 Å². The van der Waals surface area contributed by atoms with Crippen molar-refractivity contribution in [3.05, 3.63) is 64.7 Å². The minimum Gasteiger partial charge on any atom is -0.489 e. The monoisotopic (exact) mass is 357 g/mol. The Hall–Kier alpha value is -1.72. The highest BCUT2D eigenvalue weighted by Crippen LogP contribution is 2.31. The van der Waals surface area contributed by atoms with Crippen molar-refractivity contribution in [3.63, 3.8) is 0 Å². The molecule has 0 spiro atoms. The van der Waals surface area contributed by atoms with Gasteiger partial charge in [0.15, 0.2) is 0 Å². The Bertz CT molecular complexity index is 661. The van der Waals surface area contributed by atoms with Crippen LogP contribution in [0.25, 0.3) is 0 Å². The van der Waals surface area contributed by atoms with Gasteiger partial charge in [0.1, 0.15) is 11.9 Å². The van der Waals surface area contributed by atoms with Gasteiger partial charge < -0.3 is 10.1 Å². The summed E-state index contributed by atoms with van der Waals surface area (Å²) in [5, 5.41) is 3.90. The molecule has 2 nitrogen and oxygen atoms in total. The number of rotatable bonds is 7. The normalized spacial score (nSPS) is 12.9. The average Bonchev–Trinajstić information content (AvgIpc) is 2.55. The molecule has 0 fully saturated rings. The number of halogens is 4. The van der Waals surface area contributed by atoms with E-state index in [-0.39, 0.29) is 11.9 Å². The summed E-state index contributed by atoms with van der Waals surface area (Å²) in [5.41, 5.74) is 0.256. The molecular formula is C18H19ClF3NO. The molecule has 130 valence electrons. The Kier molecular flexibility index (Phi) is 6.52. The third-order valence-corrected chi connectivity index (χ3v) is 3.93. The smallest absolute Gasteiger partial charge is 0.416 e. The summed E-state index contributed by atoms with van der Waals surface area (Å²) in [6.07, 6.45) is -3.93. The highest BCUT2D eigenvalue weighted by atomic mass is 35.5. The first-order chi connectivity index (χ1) is 11.4. The minimum atomic E-state index is -4.37. The average molecular weight is 358 g/mol. The molecule has 0 heterocycles. The predicted molar refractivity (Wildman–Crippen MR) is 89.3 cm³/mol. The predicted octanol–water partition coefficient (Wildman–Crippen LogP) is 5.31. The van der Waals surface area contributed by atoms with E-state index in [1.807, 2.05) is 31.2 Å². The fourth-order valence-corrected chi connectivity index (χ4v) is 2.42. The van der Waals surface area contributed by atoms with E-state index in [0.717, 1.165) is 17.7 Å². The van der Waals surface area contributed by atoms with Crippen LogP contribution in [-0.2, 0) is 12.7 Å². The number of alkyl halides is 3. The highest BCUT2D eigenvalue weighted by Gasteiger charge is 2.30. The van der Waals surface area contributed by atoms with Crippen LogP contribution in [0.4, 0.5) is 13.2 Å². The summed E-state index contributed by atoms with van der Waals surface area (Å²) in [6.45, 7) is 3.01. The lowest BCUT2D eigenvalue weighted by atomic mass is 10.2. The van der Waals surface area contributed by atoms with E-state index >= 15 is 0 Å². The maximum atomic E-state index is 12.7. The number of hydrogen-bond donors (Lipinski definition) is 1. The van der Waals surface area contributed by atoms with Crippen molar-refractivity contribution in [1.82, 2.24) is 5.32 Å². The van der Waals surface area contributed by atoms with Gasteiger partial charge in [0.05, 0.1) is 5.56 Å². The summed E-state index contributed by atoms with van der Waals surface area (Å²) < 4.78 is 43.9. The summed E-state index contributed by atoms with van der Waals surface area (Å²) in [5.74, 6) is 0.219. The Morgan fingerprint density at radius 3 is 2.54 bits per heavy atom. The first-order valence-electron chi connectivity index (χ1n) is 7.68. The molecule has 0 aliphatic carbocycles. The van der Waals surface area contributed by atoms with Crippen LogP contribution in [-0.4, -0.2) is 12.6 Å². The van der Waals surface area contributed by atoms with Gasteiger partial charge in [0, 0.05) is 18.1 Å². The van der Waals surface area contributed by atoms with Gasteiger partial charge >= 0.3 is 6.18 Å². The van der Waals surface area contributed by atoms with Crippen LogP contribution in [0.2, 0.25) is 5.02 Å². The van der Waals surface area contributed by atoms with E-state index in [1.165, 1.54) is 12.1 Å². The van der Waals surface area contributed by atoms with Gasteiger partial charge in [-0.2, -0.15) is 13.2 Å². The van der Waals surface area contributed by atoms with E-state index in [1.54, 1.807) is 0 Å². The zero-order chi connectivity index (χ0) is 17.6. The number of hydrogen-bond acceptors (Lipinski definition) is 2. The van der Waals surface area contributed by atoms with E-state index < -0.39 is 11.7 Å². The van der Waals surface area contributed by atoms with Crippen molar-refractivity contribution in [2.45, 2.75) is 32.2 Å². The van der Waals surface area contributed by atoms with Gasteiger partial charge in [-0.3, -0.25) is 0 Å². The molecular weight excluding hydrogens is 339 g/mol. The molecule has 0 bridgehead atoms. The Morgan fingerprint density at radius 2 is 1.88 bits per heavy atom. The van der Waals surface area contributed by atoms with Crippen LogP contribution in [0, 0.1) is 0 Å². The van der Waals surface area contributed by atoms with Gasteiger partial charge in [-0.05, 0) is 36.2 Å². The third kappa shape index (κ3) is 5.42. The molecule has 1 atom stereocenters. The molecule has 6 heteroatoms. The summed E-state index contributed by atoms with van der Waals surface area (Å²) in [7, 11) is 0. The molecule has 2 aromatic rings. The maximum Gasteiger partial charge on any atom is 0.416 e. The first-order valence-corrected chi connectivity index (χ1v) is 8.06. The maximum absolute atomic E-state index is 12.7.